The van der Waals surface area contributed by atoms with Gasteiger partial charge in [0.15, 0.2) is 0 Å². The first-order valence-electron chi connectivity index (χ1n) is 5.30. The Hall–Kier alpha value is -0.670. The SMILES string of the molecule is Cc1cc(C2=CC3CNCC23)cnc1Br. The summed E-state index contributed by atoms with van der Waals surface area (Å²) in [6.45, 7) is 4.37. The molecule has 3 rings (SSSR count). The number of hydrogen-bond donors (Lipinski definition) is 1. The maximum atomic E-state index is 4.35. The second kappa shape index (κ2) is 3.42. The molecule has 0 spiro atoms. The summed E-state index contributed by atoms with van der Waals surface area (Å²) in [6.07, 6.45) is 4.35. The lowest BCUT2D eigenvalue weighted by atomic mass is 9.74. The minimum atomic E-state index is 0.729. The van der Waals surface area contributed by atoms with Crippen molar-refractivity contribution in [1.82, 2.24) is 10.3 Å². The molecule has 1 aromatic rings. The van der Waals surface area contributed by atoms with Gasteiger partial charge in [0.2, 0.25) is 0 Å². The molecule has 1 N–H and O–H groups in total. The van der Waals surface area contributed by atoms with Gasteiger partial charge in [-0.3, -0.25) is 0 Å². The highest BCUT2D eigenvalue weighted by atomic mass is 79.9. The molecule has 0 bridgehead atoms. The van der Waals surface area contributed by atoms with Gasteiger partial charge >= 0.3 is 0 Å². The molecular weight excluding hydrogens is 252 g/mol. The van der Waals surface area contributed by atoms with Gasteiger partial charge in [0, 0.05) is 25.2 Å². The number of rotatable bonds is 1. The van der Waals surface area contributed by atoms with Gasteiger partial charge in [-0.1, -0.05) is 6.08 Å². The van der Waals surface area contributed by atoms with Gasteiger partial charge in [-0.15, -0.1) is 0 Å². The molecule has 1 aliphatic carbocycles. The van der Waals surface area contributed by atoms with Crippen LogP contribution in [0.2, 0.25) is 0 Å². The number of fused-ring (bicyclic) bond motifs is 1. The van der Waals surface area contributed by atoms with Crippen LogP contribution < -0.4 is 5.32 Å². The zero-order chi connectivity index (χ0) is 10.4. The zero-order valence-electron chi connectivity index (χ0n) is 8.63. The van der Waals surface area contributed by atoms with E-state index in [0.29, 0.717) is 0 Å². The average molecular weight is 265 g/mol. The summed E-state index contributed by atoms with van der Waals surface area (Å²) < 4.78 is 0.951. The number of halogens is 1. The third kappa shape index (κ3) is 1.45. The molecule has 1 aromatic heterocycles. The van der Waals surface area contributed by atoms with Crippen LogP contribution in [0.1, 0.15) is 11.1 Å². The Morgan fingerprint density at radius 2 is 2.33 bits per heavy atom. The van der Waals surface area contributed by atoms with Crippen molar-refractivity contribution in [2.24, 2.45) is 11.8 Å². The molecule has 0 aromatic carbocycles. The van der Waals surface area contributed by atoms with Gasteiger partial charge in [0.1, 0.15) is 4.60 Å². The summed E-state index contributed by atoms with van der Waals surface area (Å²) in [5.74, 6) is 1.50. The van der Waals surface area contributed by atoms with E-state index in [2.05, 4.69) is 45.3 Å². The summed E-state index contributed by atoms with van der Waals surface area (Å²) in [5.41, 5.74) is 3.98. The van der Waals surface area contributed by atoms with Gasteiger partial charge in [-0.2, -0.15) is 0 Å². The topological polar surface area (TPSA) is 24.9 Å². The Morgan fingerprint density at radius 3 is 3.07 bits per heavy atom. The lowest BCUT2D eigenvalue weighted by Crippen LogP contribution is -2.22. The number of aryl methyl sites for hydroxylation is 1. The van der Waals surface area contributed by atoms with Crippen LogP contribution in [-0.2, 0) is 0 Å². The number of pyridine rings is 1. The van der Waals surface area contributed by atoms with Crippen LogP contribution in [0, 0.1) is 18.8 Å². The standard InChI is InChI=1S/C12H13BrN2/c1-7-2-8(5-15-12(7)13)10-3-9-4-14-6-11(9)10/h2-3,5,9,11,14H,4,6H2,1H3. The van der Waals surface area contributed by atoms with Crippen molar-refractivity contribution < 1.29 is 0 Å². The molecule has 0 radical (unpaired) electrons. The highest BCUT2D eigenvalue weighted by Crippen LogP contribution is 2.42. The van der Waals surface area contributed by atoms with E-state index in [-0.39, 0.29) is 0 Å². The molecule has 1 fully saturated rings. The van der Waals surface area contributed by atoms with E-state index in [0.717, 1.165) is 29.5 Å². The molecule has 2 atom stereocenters. The first kappa shape index (κ1) is 9.55. The lowest BCUT2D eigenvalue weighted by Gasteiger charge is -2.29. The van der Waals surface area contributed by atoms with Gasteiger partial charge in [0.05, 0.1) is 0 Å². The quantitative estimate of drug-likeness (QED) is 0.788. The van der Waals surface area contributed by atoms with Crippen molar-refractivity contribution in [3.05, 3.63) is 34.1 Å². The van der Waals surface area contributed by atoms with Crippen molar-refractivity contribution in [2.75, 3.05) is 13.1 Å². The van der Waals surface area contributed by atoms with Crippen LogP contribution in [0.5, 0.6) is 0 Å². The number of hydrogen-bond acceptors (Lipinski definition) is 2. The lowest BCUT2D eigenvalue weighted by molar-refractivity contribution is 0.564. The van der Waals surface area contributed by atoms with E-state index in [1.165, 1.54) is 16.7 Å². The fourth-order valence-corrected chi connectivity index (χ4v) is 2.69. The van der Waals surface area contributed by atoms with Crippen LogP contribution in [0.15, 0.2) is 22.9 Å². The van der Waals surface area contributed by atoms with Crippen LogP contribution >= 0.6 is 15.9 Å². The van der Waals surface area contributed by atoms with Crippen LogP contribution in [0.25, 0.3) is 5.57 Å². The van der Waals surface area contributed by atoms with Crippen molar-refractivity contribution in [3.8, 4) is 0 Å². The summed E-state index contributed by atoms with van der Waals surface area (Å²) in [7, 11) is 0. The molecule has 2 nitrogen and oxygen atoms in total. The summed E-state index contributed by atoms with van der Waals surface area (Å²) in [5, 5.41) is 3.43. The second-order valence-electron chi connectivity index (χ2n) is 4.38. The fraction of sp³-hybridized carbons (Fsp3) is 0.417. The molecule has 1 aliphatic heterocycles. The van der Waals surface area contributed by atoms with Gasteiger partial charge in [-0.05, 0) is 51.5 Å². The first-order valence-corrected chi connectivity index (χ1v) is 6.10. The summed E-state index contributed by atoms with van der Waals surface area (Å²) >= 11 is 3.43. The Balaban J connectivity index is 1.94. The largest absolute Gasteiger partial charge is 0.315 e. The van der Waals surface area contributed by atoms with Crippen molar-refractivity contribution >= 4 is 21.5 Å². The smallest absolute Gasteiger partial charge is 0.109 e. The molecule has 78 valence electrons. The number of nitrogens with one attached hydrogen (secondary N) is 1. The normalized spacial score (nSPS) is 28.3. The maximum absolute atomic E-state index is 4.35. The fourth-order valence-electron chi connectivity index (χ4n) is 2.48. The number of aromatic nitrogens is 1. The third-order valence-electron chi connectivity index (χ3n) is 3.40. The van der Waals surface area contributed by atoms with E-state index in [1.807, 2.05) is 6.20 Å². The van der Waals surface area contributed by atoms with Gasteiger partial charge in [0.25, 0.3) is 0 Å². The monoisotopic (exact) mass is 264 g/mol. The van der Waals surface area contributed by atoms with E-state index in [9.17, 15) is 0 Å². The second-order valence-corrected chi connectivity index (χ2v) is 5.13. The third-order valence-corrected chi connectivity index (χ3v) is 4.23. The Morgan fingerprint density at radius 1 is 1.47 bits per heavy atom. The van der Waals surface area contributed by atoms with E-state index < -0.39 is 0 Å². The van der Waals surface area contributed by atoms with E-state index in [1.54, 1.807) is 0 Å². The summed E-state index contributed by atoms with van der Waals surface area (Å²) in [4.78, 5) is 4.35. The molecule has 2 unspecified atom stereocenters. The summed E-state index contributed by atoms with van der Waals surface area (Å²) in [6, 6.07) is 2.22. The predicted molar refractivity (Wildman–Crippen MR) is 64.5 cm³/mol. The zero-order valence-corrected chi connectivity index (χ0v) is 10.2. The average Bonchev–Trinajstić information content (AvgIpc) is 2.54. The molecule has 15 heavy (non-hydrogen) atoms. The Bertz CT molecular complexity index is 439. The molecule has 0 saturated carbocycles. The molecule has 2 aliphatic rings. The van der Waals surface area contributed by atoms with Crippen molar-refractivity contribution in [1.29, 1.82) is 0 Å². The van der Waals surface area contributed by atoms with E-state index in [4.69, 9.17) is 0 Å². The highest BCUT2D eigenvalue weighted by molar-refractivity contribution is 9.10. The molecule has 1 saturated heterocycles. The highest BCUT2D eigenvalue weighted by Gasteiger charge is 2.36. The first-order chi connectivity index (χ1) is 7.25. The van der Waals surface area contributed by atoms with Crippen molar-refractivity contribution in [3.63, 3.8) is 0 Å². The van der Waals surface area contributed by atoms with Gasteiger partial charge in [-0.25, -0.2) is 4.98 Å². The Labute approximate surface area is 97.9 Å². The van der Waals surface area contributed by atoms with E-state index >= 15 is 0 Å². The van der Waals surface area contributed by atoms with Crippen molar-refractivity contribution in [2.45, 2.75) is 6.92 Å². The molecular formula is C12H13BrN2. The molecule has 3 heteroatoms. The number of nitrogens with zero attached hydrogens (tertiary/aromatic N) is 1. The predicted octanol–water partition coefficient (Wildman–Crippen LogP) is 2.39. The maximum Gasteiger partial charge on any atom is 0.109 e. The molecule has 0 amide bonds. The van der Waals surface area contributed by atoms with Crippen LogP contribution in [-0.4, -0.2) is 18.1 Å². The minimum absolute atomic E-state index is 0.729. The van der Waals surface area contributed by atoms with Crippen LogP contribution in [0.4, 0.5) is 0 Å². The minimum Gasteiger partial charge on any atom is -0.315 e. The van der Waals surface area contributed by atoms with Crippen LogP contribution in [0.3, 0.4) is 0 Å². The Kier molecular flexibility index (Phi) is 2.18. The molecule has 2 heterocycles. The van der Waals surface area contributed by atoms with Gasteiger partial charge < -0.3 is 5.32 Å².